The predicted octanol–water partition coefficient (Wildman–Crippen LogP) is 1.73. The van der Waals surface area contributed by atoms with Gasteiger partial charge >= 0.3 is 0 Å². The molecule has 3 rings (SSSR count). The summed E-state index contributed by atoms with van der Waals surface area (Å²) in [4.78, 5) is 0. The zero-order valence-corrected chi connectivity index (χ0v) is 14.5. The fraction of sp³-hybridized carbons (Fsp3) is 0.625. The van der Waals surface area contributed by atoms with Crippen molar-refractivity contribution in [3.05, 3.63) is 24.3 Å². The van der Waals surface area contributed by atoms with Gasteiger partial charge in [0.15, 0.2) is 11.5 Å². The molecule has 1 aromatic carbocycles. The molecule has 7 heteroatoms. The van der Waals surface area contributed by atoms with Crippen LogP contribution < -0.4 is 9.47 Å². The Hall–Kier alpha value is -1.31. The molecule has 0 amide bonds. The van der Waals surface area contributed by atoms with Crippen LogP contribution in [0.25, 0.3) is 0 Å². The zero-order chi connectivity index (χ0) is 16.4. The average molecular weight is 340 g/mol. The maximum absolute atomic E-state index is 12.7. The minimum atomic E-state index is -3.44. The van der Waals surface area contributed by atoms with Gasteiger partial charge in [0.05, 0.1) is 6.54 Å². The molecule has 0 radical (unpaired) electrons. The Morgan fingerprint density at radius 1 is 1.30 bits per heavy atom. The van der Waals surface area contributed by atoms with Crippen LogP contribution in [0.2, 0.25) is 0 Å². The number of benzene rings is 1. The number of fused-ring (bicyclic) bond motifs is 1. The minimum Gasteiger partial charge on any atom is -0.486 e. The fourth-order valence-corrected chi connectivity index (χ4v) is 4.64. The summed E-state index contributed by atoms with van der Waals surface area (Å²) < 4.78 is 39.9. The first-order valence-corrected chi connectivity index (χ1v) is 9.46. The molecule has 0 unspecified atom stereocenters. The van der Waals surface area contributed by atoms with Crippen LogP contribution in [0, 0.1) is 5.92 Å². The Labute approximate surface area is 138 Å². The maximum atomic E-state index is 12.7. The molecule has 23 heavy (non-hydrogen) atoms. The monoisotopic (exact) mass is 340 g/mol. The summed E-state index contributed by atoms with van der Waals surface area (Å²) in [6.45, 7) is 3.92. The molecule has 0 N–H and O–H groups in total. The van der Waals surface area contributed by atoms with Crippen LogP contribution in [0.15, 0.2) is 24.3 Å². The normalized spacial score (nSPS) is 25.5. The number of hydrogen-bond donors (Lipinski definition) is 0. The first-order valence-electron chi connectivity index (χ1n) is 8.06. The molecule has 1 fully saturated rings. The molecule has 2 heterocycles. The van der Waals surface area contributed by atoms with Gasteiger partial charge in [-0.1, -0.05) is 19.1 Å². The van der Waals surface area contributed by atoms with Crippen LogP contribution in [-0.2, 0) is 10.2 Å². The van der Waals surface area contributed by atoms with Gasteiger partial charge in [-0.05, 0) is 30.9 Å². The first-order chi connectivity index (χ1) is 11.0. The maximum Gasteiger partial charge on any atom is 0.281 e. The topological polar surface area (TPSA) is 59.1 Å². The Bertz CT molecular complexity index is 649. The van der Waals surface area contributed by atoms with Crippen LogP contribution in [0.3, 0.4) is 0 Å². The summed E-state index contributed by atoms with van der Waals surface area (Å²) in [6, 6.07) is 7.44. The summed E-state index contributed by atoms with van der Waals surface area (Å²) in [5.41, 5.74) is 0. The summed E-state index contributed by atoms with van der Waals surface area (Å²) in [5.74, 6) is 1.79. The number of likely N-dealkylation sites (N-methyl/N-ethyl adjacent to an activating group) is 1. The molecule has 2 aliphatic heterocycles. The van der Waals surface area contributed by atoms with E-state index in [1.807, 2.05) is 24.3 Å². The number of ether oxygens (including phenoxy) is 2. The van der Waals surface area contributed by atoms with E-state index in [1.54, 1.807) is 11.4 Å². The van der Waals surface area contributed by atoms with Crippen molar-refractivity contribution in [2.45, 2.75) is 25.9 Å². The number of hydrogen-bond acceptors (Lipinski definition) is 4. The third kappa shape index (κ3) is 3.62. The molecule has 128 valence electrons. The van der Waals surface area contributed by atoms with Gasteiger partial charge < -0.3 is 9.47 Å². The van der Waals surface area contributed by atoms with E-state index >= 15 is 0 Å². The van der Waals surface area contributed by atoms with Gasteiger partial charge in [-0.3, -0.25) is 0 Å². The fourth-order valence-electron chi connectivity index (χ4n) is 3.09. The second-order valence-electron chi connectivity index (χ2n) is 6.39. The third-order valence-electron chi connectivity index (χ3n) is 4.37. The van der Waals surface area contributed by atoms with Crippen molar-refractivity contribution in [2.75, 3.05) is 33.3 Å². The van der Waals surface area contributed by atoms with E-state index in [0.717, 1.165) is 12.8 Å². The SMILES string of the molecule is C[C@H]1CCCN(S(=O)(=O)N(C)C[C@@H]2COc3ccccc3O2)C1. The highest BCUT2D eigenvalue weighted by Gasteiger charge is 2.33. The van der Waals surface area contributed by atoms with Crippen LogP contribution in [0.4, 0.5) is 0 Å². The van der Waals surface area contributed by atoms with Gasteiger partial charge in [0.2, 0.25) is 0 Å². The standard InChI is InChI=1S/C16H24N2O4S/c1-13-6-5-9-18(10-13)23(19,20)17(2)11-14-12-21-15-7-3-4-8-16(15)22-14/h3-4,7-8,13-14H,5-6,9-12H2,1-2H3/t13-,14+/m0/s1. The van der Waals surface area contributed by atoms with E-state index in [0.29, 0.717) is 37.1 Å². The van der Waals surface area contributed by atoms with Crippen molar-refractivity contribution in [1.82, 2.24) is 8.61 Å². The first kappa shape index (κ1) is 16.5. The quantitative estimate of drug-likeness (QED) is 0.838. The molecule has 0 aliphatic carbocycles. The van der Waals surface area contributed by atoms with Crippen LogP contribution in [-0.4, -0.2) is 56.4 Å². The van der Waals surface area contributed by atoms with Crippen molar-refractivity contribution in [2.24, 2.45) is 5.92 Å². The van der Waals surface area contributed by atoms with Gasteiger partial charge in [-0.25, -0.2) is 0 Å². The number of piperidine rings is 1. The summed E-state index contributed by atoms with van der Waals surface area (Å²) in [6.07, 6.45) is 1.71. The second-order valence-corrected chi connectivity index (χ2v) is 8.43. The summed E-state index contributed by atoms with van der Waals surface area (Å²) in [5, 5.41) is 0. The van der Waals surface area contributed by atoms with Crippen molar-refractivity contribution < 1.29 is 17.9 Å². The smallest absolute Gasteiger partial charge is 0.281 e. The lowest BCUT2D eigenvalue weighted by Crippen LogP contribution is -2.49. The van der Waals surface area contributed by atoms with Crippen LogP contribution in [0.5, 0.6) is 11.5 Å². The van der Waals surface area contributed by atoms with Crippen molar-refractivity contribution in [3.8, 4) is 11.5 Å². The molecule has 0 bridgehead atoms. The Balaban J connectivity index is 1.64. The number of rotatable bonds is 4. The Morgan fingerprint density at radius 2 is 2.04 bits per heavy atom. The van der Waals surface area contributed by atoms with Gasteiger partial charge in [0, 0.05) is 20.1 Å². The molecule has 6 nitrogen and oxygen atoms in total. The molecular formula is C16H24N2O4S. The van der Waals surface area contributed by atoms with Crippen molar-refractivity contribution in [1.29, 1.82) is 0 Å². The van der Waals surface area contributed by atoms with E-state index < -0.39 is 10.2 Å². The van der Waals surface area contributed by atoms with Gasteiger partial charge in [0.1, 0.15) is 12.7 Å². The van der Waals surface area contributed by atoms with Gasteiger partial charge in [-0.15, -0.1) is 0 Å². The molecule has 1 aromatic rings. The molecule has 1 saturated heterocycles. The molecule has 0 spiro atoms. The van der Waals surface area contributed by atoms with E-state index in [2.05, 4.69) is 6.92 Å². The molecule has 0 aromatic heterocycles. The lowest BCUT2D eigenvalue weighted by Gasteiger charge is -2.35. The predicted molar refractivity (Wildman–Crippen MR) is 87.9 cm³/mol. The lowest BCUT2D eigenvalue weighted by atomic mass is 10.0. The molecular weight excluding hydrogens is 316 g/mol. The lowest BCUT2D eigenvalue weighted by molar-refractivity contribution is 0.0784. The average Bonchev–Trinajstić information content (AvgIpc) is 2.54. The minimum absolute atomic E-state index is 0.279. The van der Waals surface area contributed by atoms with Crippen molar-refractivity contribution in [3.63, 3.8) is 0 Å². The highest BCUT2D eigenvalue weighted by molar-refractivity contribution is 7.86. The van der Waals surface area contributed by atoms with Gasteiger partial charge in [-0.2, -0.15) is 17.0 Å². The molecule has 0 saturated carbocycles. The van der Waals surface area contributed by atoms with Crippen LogP contribution >= 0.6 is 0 Å². The Kier molecular flexibility index (Phi) is 4.79. The summed E-state index contributed by atoms with van der Waals surface area (Å²) >= 11 is 0. The highest BCUT2D eigenvalue weighted by Crippen LogP contribution is 2.31. The van der Waals surface area contributed by atoms with Crippen LogP contribution in [0.1, 0.15) is 19.8 Å². The van der Waals surface area contributed by atoms with E-state index in [-0.39, 0.29) is 12.6 Å². The number of para-hydroxylation sites is 2. The zero-order valence-electron chi connectivity index (χ0n) is 13.6. The molecule has 2 atom stereocenters. The number of nitrogens with zero attached hydrogens (tertiary/aromatic N) is 2. The van der Waals surface area contributed by atoms with E-state index in [9.17, 15) is 8.42 Å². The highest BCUT2D eigenvalue weighted by atomic mass is 32.2. The second kappa shape index (κ2) is 6.67. The Morgan fingerprint density at radius 3 is 2.78 bits per heavy atom. The molecule has 2 aliphatic rings. The third-order valence-corrected chi connectivity index (χ3v) is 6.29. The summed E-state index contributed by atoms with van der Waals surface area (Å²) in [7, 11) is -1.83. The van der Waals surface area contributed by atoms with Gasteiger partial charge in [0.25, 0.3) is 10.2 Å². The van der Waals surface area contributed by atoms with Crippen molar-refractivity contribution >= 4 is 10.2 Å². The largest absolute Gasteiger partial charge is 0.486 e. The van der Waals surface area contributed by atoms with E-state index in [1.165, 1.54) is 4.31 Å². The van der Waals surface area contributed by atoms with E-state index in [4.69, 9.17) is 9.47 Å².